The summed E-state index contributed by atoms with van der Waals surface area (Å²) in [5.74, 6) is -2.91. The van der Waals surface area contributed by atoms with Crippen LogP contribution in [0.4, 0.5) is 14.5 Å². The molecular weight excluding hydrogens is 240 g/mol. The average molecular weight is 251 g/mol. The Morgan fingerprint density at radius 1 is 1.39 bits per heavy atom. The number of carbonyl (C=O) groups is 1. The van der Waals surface area contributed by atoms with Gasteiger partial charge in [0, 0.05) is 13.2 Å². The first kappa shape index (κ1) is 12.2. The number of anilines is 1. The van der Waals surface area contributed by atoms with Crippen molar-refractivity contribution in [1.29, 1.82) is 0 Å². The van der Waals surface area contributed by atoms with Crippen molar-refractivity contribution in [1.82, 2.24) is 9.78 Å². The first-order valence-electron chi connectivity index (χ1n) is 5.24. The molecule has 0 bridgehead atoms. The lowest BCUT2D eigenvalue weighted by atomic mass is 10.2. The molecule has 1 aromatic carbocycles. The fraction of sp³-hybridized carbons (Fsp3) is 0.167. The Labute approximate surface area is 102 Å². The molecule has 0 atom stereocenters. The molecule has 0 saturated heterocycles. The maximum absolute atomic E-state index is 13.4. The maximum Gasteiger partial charge on any atom is 0.258 e. The van der Waals surface area contributed by atoms with Gasteiger partial charge in [-0.15, -0.1) is 0 Å². The van der Waals surface area contributed by atoms with Crippen LogP contribution in [0, 0.1) is 18.6 Å². The van der Waals surface area contributed by atoms with Gasteiger partial charge >= 0.3 is 0 Å². The van der Waals surface area contributed by atoms with Gasteiger partial charge in [0.15, 0.2) is 11.6 Å². The molecule has 2 rings (SSSR count). The summed E-state index contributed by atoms with van der Waals surface area (Å²) < 4.78 is 27.9. The monoisotopic (exact) mass is 251 g/mol. The van der Waals surface area contributed by atoms with Gasteiger partial charge in [0.25, 0.3) is 5.91 Å². The summed E-state index contributed by atoms with van der Waals surface area (Å²) in [6.07, 6.45) is 1.59. The average Bonchev–Trinajstić information content (AvgIpc) is 2.61. The van der Waals surface area contributed by atoms with Gasteiger partial charge < -0.3 is 5.32 Å². The number of hydrogen-bond donors (Lipinski definition) is 1. The largest absolute Gasteiger partial charge is 0.319 e. The third-order valence-corrected chi connectivity index (χ3v) is 2.46. The zero-order valence-corrected chi connectivity index (χ0v) is 9.87. The fourth-order valence-electron chi connectivity index (χ4n) is 1.59. The molecule has 0 unspecified atom stereocenters. The van der Waals surface area contributed by atoms with E-state index in [1.807, 2.05) is 0 Å². The van der Waals surface area contributed by atoms with E-state index in [0.717, 1.165) is 6.07 Å². The molecular formula is C12H11F2N3O. The molecule has 0 saturated carbocycles. The number of aromatic nitrogens is 2. The van der Waals surface area contributed by atoms with Crippen LogP contribution in [0.1, 0.15) is 16.1 Å². The van der Waals surface area contributed by atoms with Gasteiger partial charge in [-0.1, -0.05) is 6.07 Å². The van der Waals surface area contributed by atoms with Gasteiger partial charge in [-0.3, -0.25) is 9.48 Å². The van der Waals surface area contributed by atoms with Crippen molar-refractivity contribution in [2.45, 2.75) is 6.92 Å². The normalized spacial score (nSPS) is 10.4. The summed E-state index contributed by atoms with van der Waals surface area (Å²) in [4.78, 5) is 11.8. The molecule has 0 aliphatic carbocycles. The molecule has 0 radical (unpaired) electrons. The molecule has 0 fully saturated rings. The van der Waals surface area contributed by atoms with Crippen LogP contribution >= 0.6 is 0 Å². The highest BCUT2D eigenvalue weighted by Gasteiger charge is 2.16. The lowest BCUT2D eigenvalue weighted by molar-refractivity contribution is 0.102. The topological polar surface area (TPSA) is 46.9 Å². The van der Waals surface area contributed by atoms with Gasteiger partial charge in [-0.2, -0.15) is 5.10 Å². The van der Waals surface area contributed by atoms with Crippen LogP contribution < -0.4 is 5.32 Å². The Hall–Kier alpha value is -2.24. The molecule has 2 aromatic rings. The van der Waals surface area contributed by atoms with E-state index in [1.54, 1.807) is 20.2 Å². The zero-order chi connectivity index (χ0) is 13.3. The molecule has 18 heavy (non-hydrogen) atoms. The van der Waals surface area contributed by atoms with Crippen molar-refractivity contribution in [2.24, 2.45) is 7.05 Å². The second-order valence-electron chi connectivity index (χ2n) is 3.86. The lowest BCUT2D eigenvalue weighted by Crippen LogP contribution is -2.14. The second-order valence-corrected chi connectivity index (χ2v) is 3.86. The Morgan fingerprint density at radius 3 is 2.72 bits per heavy atom. The number of rotatable bonds is 2. The van der Waals surface area contributed by atoms with Gasteiger partial charge in [-0.05, 0) is 19.1 Å². The van der Waals surface area contributed by atoms with Gasteiger partial charge in [0.05, 0.1) is 16.9 Å². The summed E-state index contributed by atoms with van der Waals surface area (Å²) in [7, 11) is 1.70. The molecule has 1 amide bonds. The lowest BCUT2D eigenvalue weighted by Gasteiger charge is -2.05. The van der Waals surface area contributed by atoms with E-state index in [9.17, 15) is 13.6 Å². The standard InChI is InChI=1S/C12H11F2N3O/c1-7-10(6-17(2)16-7)15-12(18)8-4-3-5-9(13)11(8)14/h3-6H,1-2H3,(H,15,18). The number of benzene rings is 1. The predicted octanol–water partition coefficient (Wildman–Crippen LogP) is 2.26. The van der Waals surface area contributed by atoms with Gasteiger partial charge in [-0.25, -0.2) is 8.78 Å². The Bertz CT molecular complexity index is 607. The minimum absolute atomic E-state index is 0.335. The SMILES string of the molecule is Cc1nn(C)cc1NC(=O)c1cccc(F)c1F. The molecule has 1 aromatic heterocycles. The quantitative estimate of drug-likeness (QED) is 0.889. The fourth-order valence-corrected chi connectivity index (χ4v) is 1.59. The number of amides is 1. The molecule has 6 heteroatoms. The number of nitrogens with zero attached hydrogens (tertiary/aromatic N) is 2. The van der Waals surface area contributed by atoms with Crippen LogP contribution in [0.5, 0.6) is 0 Å². The minimum atomic E-state index is -1.16. The van der Waals surface area contributed by atoms with Crippen molar-refractivity contribution in [3.05, 3.63) is 47.3 Å². The van der Waals surface area contributed by atoms with E-state index in [0.29, 0.717) is 11.4 Å². The Morgan fingerprint density at radius 2 is 2.11 bits per heavy atom. The smallest absolute Gasteiger partial charge is 0.258 e. The molecule has 4 nitrogen and oxygen atoms in total. The van der Waals surface area contributed by atoms with E-state index in [2.05, 4.69) is 10.4 Å². The molecule has 0 aliphatic rings. The number of nitrogens with one attached hydrogen (secondary N) is 1. The second kappa shape index (κ2) is 4.56. The summed E-state index contributed by atoms with van der Waals surface area (Å²) in [5, 5.41) is 6.52. The third-order valence-electron chi connectivity index (χ3n) is 2.46. The van der Waals surface area contributed by atoms with E-state index < -0.39 is 17.5 Å². The molecule has 0 spiro atoms. The number of carbonyl (C=O) groups excluding carboxylic acids is 1. The summed E-state index contributed by atoms with van der Waals surface area (Å²) in [5.41, 5.74) is 0.729. The highest BCUT2D eigenvalue weighted by Crippen LogP contribution is 2.16. The highest BCUT2D eigenvalue weighted by molar-refractivity contribution is 6.04. The first-order valence-corrected chi connectivity index (χ1v) is 5.24. The van der Waals surface area contributed by atoms with Crippen LogP contribution in [0.15, 0.2) is 24.4 Å². The summed E-state index contributed by atoms with van der Waals surface area (Å²) >= 11 is 0. The first-order chi connectivity index (χ1) is 8.49. The number of aryl methyl sites for hydroxylation is 2. The summed E-state index contributed by atoms with van der Waals surface area (Å²) in [6.45, 7) is 1.71. The minimum Gasteiger partial charge on any atom is -0.319 e. The van der Waals surface area contributed by atoms with Crippen LogP contribution in [-0.4, -0.2) is 15.7 Å². The summed E-state index contributed by atoms with van der Waals surface area (Å²) in [6, 6.07) is 3.46. The van der Waals surface area contributed by atoms with Crippen LogP contribution in [-0.2, 0) is 7.05 Å². The molecule has 94 valence electrons. The van der Waals surface area contributed by atoms with Crippen LogP contribution in [0.2, 0.25) is 0 Å². The molecule has 1 N–H and O–H groups in total. The van der Waals surface area contributed by atoms with Crippen molar-refractivity contribution < 1.29 is 13.6 Å². The van der Waals surface area contributed by atoms with E-state index >= 15 is 0 Å². The number of hydrogen-bond acceptors (Lipinski definition) is 2. The Kier molecular flexibility index (Phi) is 3.10. The Balaban J connectivity index is 2.27. The van der Waals surface area contributed by atoms with Gasteiger partial charge in [0.1, 0.15) is 0 Å². The van der Waals surface area contributed by atoms with Crippen LogP contribution in [0.25, 0.3) is 0 Å². The predicted molar refractivity (Wildman–Crippen MR) is 62.3 cm³/mol. The van der Waals surface area contributed by atoms with Crippen molar-refractivity contribution >= 4 is 11.6 Å². The number of halogens is 2. The van der Waals surface area contributed by atoms with Gasteiger partial charge in [0.2, 0.25) is 0 Å². The highest BCUT2D eigenvalue weighted by atomic mass is 19.2. The van der Waals surface area contributed by atoms with E-state index in [-0.39, 0.29) is 5.56 Å². The van der Waals surface area contributed by atoms with Crippen molar-refractivity contribution in [2.75, 3.05) is 5.32 Å². The maximum atomic E-state index is 13.4. The van der Waals surface area contributed by atoms with Crippen molar-refractivity contribution in [3.8, 4) is 0 Å². The van der Waals surface area contributed by atoms with Crippen LogP contribution in [0.3, 0.4) is 0 Å². The molecule has 0 aliphatic heterocycles. The van der Waals surface area contributed by atoms with E-state index in [4.69, 9.17) is 0 Å². The zero-order valence-electron chi connectivity index (χ0n) is 9.87. The molecule has 1 heterocycles. The third kappa shape index (κ3) is 2.22. The van der Waals surface area contributed by atoms with Crippen molar-refractivity contribution in [3.63, 3.8) is 0 Å². The van der Waals surface area contributed by atoms with E-state index in [1.165, 1.54) is 16.8 Å².